The van der Waals surface area contributed by atoms with Crippen LogP contribution in [0.5, 0.6) is 5.75 Å². The van der Waals surface area contributed by atoms with Crippen LogP contribution in [0.25, 0.3) is 0 Å². The molecule has 3 heteroatoms. The Morgan fingerprint density at radius 3 is 2.00 bits per heavy atom. The summed E-state index contributed by atoms with van der Waals surface area (Å²) in [5.74, 6) is 0.869. The van der Waals surface area contributed by atoms with E-state index >= 15 is 0 Å². The lowest BCUT2D eigenvalue weighted by Gasteiger charge is -2.16. The molecule has 0 spiro atoms. The Kier molecular flexibility index (Phi) is 5.90. The third-order valence-corrected chi connectivity index (χ3v) is 2.27. The third-order valence-electron chi connectivity index (χ3n) is 2.27. The van der Waals surface area contributed by atoms with Crippen molar-refractivity contribution in [1.82, 2.24) is 0 Å². The van der Waals surface area contributed by atoms with Gasteiger partial charge in [0.25, 0.3) is 0 Å². The first-order valence-electron chi connectivity index (χ1n) is 5.66. The Bertz CT molecular complexity index is 276. The number of rotatable bonds is 7. The van der Waals surface area contributed by atoms with Crippen molar-refractivity contribution in [3.05, 3.63) is 29.8 Å². The number of hydrogen-bond donors (Lipinski definition) is 0. The van der Waals surface area contributed by atoms with Crippen molar-refractivity contribution in [1.29, 1.82) is 0 Å². The van der Waals surface area contributed by atoms with Crippen molar-refractivity contribution in [2.75, 3.05) is 20.3 Å². The largest absolute Gasteiger partial charge is 0.497 e. The molecule has 3 nitrogen and oxygen atoms in total. The van der Waals surface area contributed by atoms with E-state index < -0.39 is 0 Å². The zero-order valence-electron chi connectivity index (χ0n) is 10.2. The van der Waals surface area contributed by atoms with Crippen molar-refractivity contribution in [2.24, 2.45) is 0 Å². The maximum atomic E-state index is 5.49. The molecule has 0 heterocycles. The van der Waals surface area contributed by atoms with Crippen LogP contribution in [0.4, 0.5) is 0 Å². The van der Waals surface area contributed by atoms with E-state index in [0.29, 0.717) is 13.2 Å². The molecule has 0 saturated heterocycles. The van der Waals surface area contributed by atoms with Gasteiger partial charge in [-0.05, 0) is 31.5 Å². The molecular weight excluding hydrogens is 204 g/mol. The number of methoxy groups -OCH3 is 1. The Hall–Kier alpha value is -1.06. The lowest BCUT2D eigenvalue weighted by atomic mass is 10.1. The van der Waals surface area contributed by atoms with E-state index in [1.807, 2.05) is 38.1 Å². The predicted octanol–water partition coefficient (Wildman–Crippen LogP) is 2.64. The first kappa shape index (κ1) is 13.0. The lowest BCUT2D eigenvalue weighted by Crippen LogP contribution is -2.20. The minimum absolute atomic E-state index is 0.150. The summed E-state index contributed by atoms with van der Waals surface area (Å²) < 4.78 is 16.1. The van der Waals surface area contributed by atoms with Crippen molar-refractivity contribution in [2.45, 2.75) is 26.6 Å². The fraction of sp³-hybridized carbons (Fsp3) is 0.538. The summed E-state index contributed by atoms with van der Waals surface area (Å²) >= 11 is 0. The summed E-state index contributed by atoms with van der Waals surface area (Å²) in [6.45, 7) is 5.28. The molecule has 0 radical (unpaired) electrons. The lowest BCUT2D eigenvalue weighted by molar-refractivity contribution is -0.134. The van der Waals surface area contributed by atoms with Crippen LogP contribution in [-0.4, -0.2) is 26.6 Å². The van der Waals surface area contributed by atoms with Crippen LogP contribution in [-0.2, 0) is 15.9 Å². The summed E-state index contributed by atoms with van der Waals surface area (Å²) in [4.78, 5) is 0. The van der Waals surface area contributed by atoms with Gasteiger partial charge in [-0.1, -0.05) is 12.1 Å². The second-order valence-electron chi connectivity index (χ2n) is 3.39. The van der Waals surface area contributed by atoms with Crippen LogP contribution in [0.3, 0.4) is 0 Å². The molecule has 1 rings (SSSR count). The summed E-state index contributed by atoms with van der Waals surface area (Å²) in [5.41, 5.74) is 1.19. The highest BCUT2D eigenvalue weighted by molar-refractivity contribution is 5.27. The molecule has 1 aromatic rings. The molecule has 0 saturated carbocycles. The first-order chi connectivity index (χ1) is 7.80. The monoisotopic (exact) mass is 224 g/mol. The van der Waals surface area contributed by atoms with Gasteiger partial charge in [-0.3, -0.25) is 0 Å². The van der Waals surface area contributed by atoms with E-state index in [0.717, 1.165) is 12.2 Å². The molecule has 0 atom stereocenters. The van der Waals surface area contributed by atoms with E-state index in [1.165, 1.54) is 5.56 Å². The molecule has 0 bridgehead atoms. The Balaban J connectivity index is 2.54. The standard InChI is InChI=1S/C13H20O3/c1-4-15-13(16-5-2)10-11-6-8-12(14-3)9-7-11/h6-9,13H,4-5,10H2,1-3H3. The summed E-state index contributed by atoms with van der Waals surface area (Å²) in [6.07, 6.45) is 0.620. The Morgan fingerprint density at radius 1 is 1.00 bits per heavy atom. The van der Waals surface area contributed by atoms with E-state index in [4.69, 9.17) is 14.2 Å². The van der Waals surface area contributed by atoms with Gasteiger partial charge in [0.2, 0.25) is 0 Å². The average Bonchev–Trinajstić information content (AvgIpc) is 2.31. The molecule has 90 valence electrons. The second kappa shape index (κ2) is 7.25. The molecule has 0 fully saturated rings. The zero-order valence-corrected chi connectivity index (χ0v) is 10.2. The molecule has 0 N–H and O–H groups in total. The fourth-order valence-corrected chi connectivity index (χ4v) is 1.49. The van der Waals surface area contributed by atoms with Crippen LogP contribution >= 0.6 is 0 Å². The van der Waals surface area contributed by atoms with Crippen molar-refractivity contribution in [3.63, 3.8) is 0 Å². The van der Waals surface area contributed by atoms with Gasteiger partial charge in [0.05, 0.1) is 7.11 Å². The molecular formula is C13H20O3. The SMILES string of the molecule is CCOC(Cc1ccc(OC)cc1)OCC. The molecule has 0 aromatic heterocycles. The summed E-state index contributed by atoms with van der Waals surface area (Å²) in [7, 11) is 1.66. The third kappa shape index (κ3) is 4.21. The summed E-state index contributed by atoms with van der Waals surface area (Å²) in [5, 5.41) is 0. The first-order valence-corrected chi connectivity index (χ1v) is 5.66. The maximum absolute atomic E-state index is 5.49. The van der Waals surface area contributed by atoms with E-state index in [9.17, 15) is 0 Å². The molecule has 0 unspecified atom stereocenters. The van der Waals surface area contributed by atoms with E-state index in [2.05, 4.69) is 0 Å². The van der Waals surface area contributed by atoms with Crippen LogP contribution in [0.2, 0.25) is 0 Å². The zero-order chi connectivity index (χ0) is 11.8. The fourth-order valence-electron chi connectivity index (χ4n) is 1.49. The number of benzene rings is 1. The summed E-state index contributed by atoms with van der Waals surface area (Å²) in [6, 6.07) is 7.96. The molecule has 0 aliphatic heterocycles. The number of hydrogen-bond acceptors (Lipinski definition) is 3. The normalized spacial score (nSPS) is 10.8. The average molecular weight is 224 g/mol. The van der Waals surface area contributed by atoms with Crippen molar-refractivity contribution >= 4 is 0 Å². The number of ether oxygens (including phenoxy) is 3. The smallest absolute Gasteiger partial charge is 0.161 e. The van der Waals surface area contributed by atoms with E-state index in [1.54, 1.807) is 7.11 Å². The molecule has 0 aliphatic carbocycles. The van der Waals surface area contributed by atoms with Crippen LogP contribution in [0, 0.1) is 0 Å². The molecule has 0 aliphatic rings. The van der Waals surface area contributed by atoms with Crippen molar-refractivity contribution < 1.29 is 14.2 Å². The predicted molar refractivity (Wildman–Crippen MR) is 63.7 cm³/mol. The molecule has 0 amide bonds. The highest BCUT2D eigenvalue weighted by atomic mass is 16.7. The van der Waals surface area contributed by atoms with Crippen LogP contribution in [0.1, 0.15) is 19.4 Å². The van der Waals surface area contributed by atoms with Gasteiger partial charge in [-0.25, -0.2) is 0 Å². The highest BCUT2D eigenvalue weighted by Crippen LogP contribution is 2.14. The van der Waals surface area contributed by atoms with Crippen LogP contribution in [0.15, 0.2) is 24.3 Å². The van der Waals surface area contributed by atoms with Crippen molar-refractivity contribution in [3.8, 4) is 5.75 Å². The molecule has 1 aromatic carbocycles. The minimum Gasteiger partial charge on any atom is -0.497 e. The van der Waals surface area contributed by atoms with Crippen LogP contribution < -0.4 is 4.74 Å². The second-order valence-corrected chi connectivity index (χ2v) is 3.39. The highest BCUT2D eigenvalue weighted by Gasteiger charge is 2.08. The molecule has 16 heavy (non-hydrogen) atoms. The Labute approximate surface area is 97.3 Å². The van der Waals surface area contributed by atoms with Gasteiger partial charge in [-0.15, -0.1) is 0 Å². The van der Waals surface area contributed by atoms with Gasteiger partial charge in [-0.2, -0.15) is 0 Å². The topological polar surface area (TPSA) is 27.7 Å². The quantitative estimate of drug-likeness (QED) is 0.666. The van der Waals surface area contributed by atoms with Gasteiger partial charge in [0, 0.05) is 19.6 Å². The van der Waals surface area contributed by atoms with Gasteiger partial charge in [0.15, 0.2) is 6.29 Å². The maximum Gasteiger partial charge on any atom is 0.161 e. The van der Waals surface area contributed by atoms with Gasteiger partial charge >= 0.3 is 0 Å². The Morgan fingerprint density at radius 2 is 1.56 bits per heavy atom. The van der Waals surface area contributed by atoms with Gasteiger partial charge < -0.3 is 14.2 Å². The van der Waals surface area contributed by atoms with Gasteiger partial charge in [0.1, 0.15) is 5.75 Å². The minimum atomic E-state index is -0.150. The van der Waals surface area contributed by atoms with E-state index in [-0.39, 0.29) is 6.29 Å².